The normalized spacial score (nSPS) is 17.1. The molecule has 0 spiro atoms. The molecule has 0 aliphatic carbocycles. The van der Waals surface area contributed by atoms with Crippen LogP contribution in [0.1, 0.15) is 32.8 Å². The van der Waals surface area contributed by atoms with Crippen LogP contribution >= 0.6 is 11.6 Å². The van der Waals surface area contributed by atoms with Gasteiger partial charge in [0.05, 0.1) is 24.7 Å². The van der Waals surface area contributed by atoms with Crippen molar-refractivity contribution in [3.8, 4) is 11.5 Å². The first-order valence-corrected chi connectivity index (χ1v) is 11.1. The van der Waals surface area contributed by atoms with E-state index >= 15 is 0 Å². The van der Waals surface area contributed by atoms with E-state index in [1.165, 1.54) is 0 Å². The number of carbonyl (C=O) groups is 2. The number of nitrogens with zero attached hydrogens (tertiary/aromatic N) is 2. The lowest BCUT2D eigenvalue weighted by molar-refractivity contribution is -0.120. The topological polar surface area (TPSA) is 80.3 Å². The highest BCUT2D eigenvalue weighted by molar-refractivity contribution is 6.32. The number of rotatable bonds is 5. The summed E-state index contributed by atoms with van der Waals surface area (Å²) in [7, 11) is 0. The zero-order valence-electron chi connectivity index (χ0n) is 18.5. The van der Waals surface area contributed by atoms with Crippen LogP contribution in [0.4, 0.5) is 4.79 Å². The Hall–Kier alpha value is -2.19. The summed E-state index contributed by atoms with van der Waals surface area (Å²) < 4.78 is 16.7. The third kappa shape index (κ3) is 7.18. The molecule has 2 aliphatic rings. The molecule has 1 aromatic carbocycles. The molecule has 3 rings (SSSR count). The van der Waals surface area contributed by atoms with Gasteiger partial charge in [-0.05, 0) is 38.5 Å². The van der Waals surface area contributed by atoms with E-state index in [1.807, 2.05) is 26.8 Å². The number of benzene rings is 1. The molecule has 1 N–H and O–H groups in total. The smallest absolute Gasteiger partial charge is 0.410 e. The van der Waals surface area contributed by atoms with E-state index in [1.54, 1.807) is 11.0 Å². The number of nitrogens with one attached hydrogen (secondary N) is 1. The van der Waals surface area contributed by atoms with E-state index in [-0.39, 0.29) is 18.4 Å². The van der Waals surface area contributed by atoms with Crippen LogP contribution in [0.3, 0.4) is 0 Å². The van der Waals surface area contributed by atoms with E-state index in [9.17, 15) is 9.59 Å². The Morgan fingerprint density at radius 2 is 1.84 bits per heavy atom. The van der Waals surface area contributed by atoms with Crippen molar-refractivity contribution in [2.75, 3.05) is 52.5 Å². The first-order valence-electron chi connectivity index (χ1n) is 10.8. The molecule has 31 heavy (non-hydrogen) atoms. The minimum Gasteiger partial charge on any atom is -0.489 e. The molecule has 0 atom stereocenters. The molecule has 2 heterocycles. The van der Waals surface area contributed by atoms with Crippen molar-refractivity contribution < 1.29 is 23.8 Å². The summed E-state index contributed by atoms with van der Waals surface area (Å²) in [6.07, 6.45) is 0.754. The van der Waals surface area contributed by atoms with Gasteiger partial charge in [0.15, 0.2) is 11.5 Å². The molecule has 172 valence electrons. The minimum absolute atomic E-state index is 0.0713. The highest BCUT2D eigenvalue weighted by Crippen LogP contribution is 2.38. The average molecular weight is 454 g/mol. The molecule has 2 amide bonds. The molecule has 0 aromatic heterocycles. The molecule has 1 aromatic rings. The second-order valence-corrected chi connectivity index (χ2v) is 9.20. The van der Waals surface area contributed by atoms with Crippen molar-refractivity contribution in [1.29, 1.82) is 0 Å². The summed E-state index contributed by atoms with van der Waals surface area (Å²) in [5.41, 5.74) is 0.303. The van der Waals surface area contributed by atoms with E-state index in [4.69, 9.17) is 25.8 Å². The van der Waals surface area contributed by atoms with Crippen molar-refractivity contribution in [2.45, 2.75) is 39.2 Å². The van der Waals surface area contributed by atoms with Gasteiger partial charge in [0.1, 0.15) is 5.60 Å². The fourth-order valence-electron chi connectivity index (χ4n) is 3.47. The van der Waals surface area contributed by atoms with Crippen LogP contribution < -0.4 is 14.8 Å². The lowest BCUT2D eigenvalue weighted by Crippen LogP contribution is -2.51. The molecule has 1 fully saturated rings. The predicted octanol–water partition coefficient (Wildman–Crippen LogP) is 2.71. The summed E-state index contributed by atoms with van der Waals surface area (Å²) in [5, 5.41) is 3.42. The molecule has 8 nitrogen and oxygen atoms in total. The zero-order chi connectivity index (χ0) is 22.4. The fourth-order valence-corrected chi connectivity index (χ4v) is 3.76. The molecular formula is C22H32ClN3O5. The van der Waals surface area contributed by atoms with Crippen molar-refractivity contribution in [1.82, 2.24) is 15.1 Å². The number of hydrogen-bond donors (Lipinski definition) is 1. The quantitative estimate of drug-likeness (QED) is 0.738. The number of halogens is 1. The SMILES string of the molecule is CC(C)(C)OC(=O)N1CCN(CCNC(=O)Cc2cc(Cl)c3c(c2)OCCCO3)CC1. The van der Waals surface area contributed by atoms with Crippen molar-refractivity contribution in [2.24, 2.45) is 0 Å². The standard InChI is InChI=1S/C22H32ClN3O5/c1-22(2,3)31-21(28)26-9-7-25(8-10-26)6-5-24-19(27)15-16-13-17(23)20-18(14-16)29-11-4-12-30-20/h13-14H,4-12,15H2,1-3H3,(H,24,27). The summed E-state index contributed by atoms with van der Waals surface area (Å²) in [6.45, 7) is 10.8. The Morgan fingerprint density at radius 3 is 2.55 bits per heavy atom. The largest absolute Gasteiger partial charge is 0.489 e. The van der Waals surface area contributed by atoms with Gasteiger partial charge in [0.2, 0.25) is 5.91 Å². The molecule has 0 saturated carbocycles. The van der Waals surface area contributed by atoms with Gasteiger partial charge in [-0.1, -0.05) is 11.6 Å². The van der Waals surface area contributed by atoms with Crippen molar-refractivity contribution in [3.05, 3.63) is 22.7 Å². The summed E-state index contributed by atoms with van der Waals surface area (Å²) in [5.74, 6) is 1.07. The summed E-state index contributed by atoms with van der Waals surface area (Å²) >= 11 is 6.30. The lowest BCUT2D eigenvalue weighted by atomic mass is 10.1. The summed E-state index contributed by atoms with van der Waals surface area (Å²) in [6, 6.07) is 3.58. The Balaban J connectivity index is 1.39. The Labute approximate surface area is 188 Å². The van der Waals surface area contributed by atoms with E-state index in [0.29, 0.717) is 49.4 Å². The highest BCUT2D eigenvalue weighted by atomic mass is 35.5. The average Bonchev–Trinajstić information content (AvgIpc) is 2.93. The number of fused-ring (bicyclic) bond motifs is 1. The van der Waals surface area contributed by atoms with Gasteiger partial charge in [0.25, 0.3) is 0 Å². The molecular weight excluding hydrogens is 422 g/mol. The molecule has 9 heteroatoms. The number of carbonyl (C=O) groups excluding carboxylic acids is 2. The van der Waals surface area contributed by atoms with Crippen LogP contribution in [0, 0.1) is 0 Å². The van der Waals surface area contributed by atoms with Gasteiger partial charge in [-0.2, -0.15) is 0 Å². The maximum absolute atomic E-state index is 12.4. The van der Waals surface area contributed by atoms with Crippen LogP contribution in [0.5, 0.6) is 11.5 Å². The Bertz CT molecular complexity index is 788. The number of ether oxygens (including phenoxy) is 3. The Morgan fingerprint density at radius 1 is 1.13 bits per heavy atom. The van der Waals surface area contributed by atoms with Gasteiger partial charge >= 0.3 is 6.09 Å². The van der Waals surface area contributed by atoms with Crippen LogP contribution in [-0.4, -0.2) is 79.9 Å². The maximum atomic E-state index is 12.4. The van der Waals surface area contributed by atoms with E-state index in [0.717, 1.165) is 31.6 Å². The van der Waals surface area contributed by atoms with Gasteiger partial charge < -0.3 is 24.4 Å². The van der Waals surface area contributed by atoms with Gasteiger partial charge in [-0.25, -0.2) is 4.79 Å². The number of amides is 2. The second kappa shape index (κ2) is 10.4. The summed E-state index contributed by atoms with van der Waals surface area (Å²) in [4.78, 5) is 28.5. The maximum Gasteiger partial charge on any atom is 0.410 e. The number of hydrogen-bond acceptors (Lipinski definition) is 6. The third-order valence-corrected chi connectivity index (χ3v) is 5.28. The predicted molar refractivity (Wildman–Crippen MR) is 118 cm³/mol. The van der Waals surface area contributed by atoms with Gasteiger partial charge in [0, 0.05) is 45.7 Å². The molecule has 0 unspecified atom stereocenters. The highest BCUT2D eigenvalue weighted by Gasteiger charge is 2.25. The van der Waals surface area contributed by atoms with E-state index < -0.39 is 5.60 Å². The van der Waals surface area contributed by atoms with Crippen LogP contribution in [0.25, 0.3) is 0 Å². The van der Waals surface area contributed by atoms with Gasteiger partial charge in [-0.15, -0.1) is 0 Å². The fraction of sp³-hybridized carbons (Fsp3) is 0.636. The van der Waals surface area contributed by atoms with Crippen LogP contribution in [0.15, 0.2) is 12.1 Å². The second-order valence-electron chi connectivity index (χ2n) is 8.79. The molecule has 1 saturated heterocycles. The Kier molecular flexibility index (Phi) is 7.89. The minimum atomic E-state index is -0.487. The van der Waals surface area contributed by atoms with Crippen molar-refractivity contribution >= 4 is 23.6 Å². The lowest BCUT2D eigenvalue weighted by Gasteiger charge is -2.35. The molecule has 2 aliphatic heterocycles. The molecule has 0 bridgehead atoms. The van der Waals surface area contributed by atoms with E-state index in [2.05, 4.69) is 10.2 Å². The first kappa shape index (κ1) is 23.5. The number of piperazine rings is 1. The van der Waals surface area contributed by atoms with Crippen LogP contribution in [-0.2, 0) is 16.0 Å². The third-order valence-electron chi connectivity index (χ3n) is 5.00. The van der Waals surface area contributed by atoms with Gasteiger partial charge in [-0.3, -0.25) is 9.69 Å². The first-order chi connectivity index (χ1) is 14.7. The zero-order valence-corrected chi connectivity index (χ0v) is 19.3. The van der Waals surface area contributed by atoms with Crippen molar-refractivity contribution in [3.63, 3.8) is 0 Å². The van der Waals surface area contributed by atoms with Crippen LogP contribution in [0.2, 0.25) is 5.02 Å². The molecule has 0 radical (unpaired) electrons. The monoisotopic (exact) mass is 453 g/mol.